The summed E-state index contributed by atoms with van der Waals surface area (Å²) in [5.41, 5.74) is 1.45. The quantitative estimate of drug-likeness (QED) is 0.753. The van der Waals surface area contributed by atoms with Crippen molar-refractivity contribution >= 4 is 0 Å². The van der Waals surface area contributed by atoms with Crippen molar-refractivity contribution in [3.8, 4) is 17.9 Å². The van der Waals surface area contributed by atoms with Gasteiger partial charge in [-0.1, -0.05) is 26.0 Å². The van der Waals surface area contributed by atoms with Crippen LogP contribution in [-0.2, 0) is 0 Å². The standard InChI is InChI=1S/C12H12N2O/c1-9(2)11-5-3-4-10(8-14)12(11)15-7-6-13/h3-5,9H,7H2,1-2H3. The van der Waals surface area contributed by atoms with Crippen molar-refractivity contribution in [2.24, 2.45) is 0 Å². The lowest BCUT2D eigenvalue weighted by atomic mass is 9.99. The first kappa shape index (κ1) is 11.1. The molecule has 0 amide bonds. The average Bonchev–Trinajstić information content (AvgIpc) is 2.25. The van der Waals surface area contributed by atoms with E-state index in [1.807, 2.05) is 32.0 Å². The molecule has 1 aromatic rings. The Bertz CT molecular complexity index is 424. The Morgan fingerprint density at radius 3 is 2.60 bits per heavy atom. The van der Waals surface area contributed by atoms with E-state index in [1.54, 1.807) is 6.07 Å². The van der Waals surface area contributed by atoms with Crippen molar-refractivity contribution < 1.29 is 4.74 Å². The van der Waals surface area contributed by atoms with Crippen LogP contribution in [0.1, 0.15) is 30.9 Å². The molecule has 0 atom stereocenters. The summed E-state index contributed by atoms with van der Waals surface area (Å²) in [7, 11) is 0. The molecule has 3 nitrogen and oxygen atoms in total. The van der Waals surface area contributed by atoms with Gasteiger partial charge in [0.05, 0.1) is 5.56 Å². The number of benzene rings is 1. The third-order valence-electron chi connectivity index (χ3n) is 2.07. The van der Waals surface area contributed by atoms with Crippen LogP contribution in [-0.4, -0.2) is 6.61 Å². The van der Waals surface area contributed by atoms with Crippen molar-refractivity contribution in [3.05, 3.63) is 29.3 Å². The van der Waals surface area contributed by atoms with Crippen LogP contribution < -0.4 is 4.74 Å². The maximum absolute atomic E-state index is 8.91. The molecule has 0 aromatic heterocycles. The third-order valence-corrected chi connectivity index (χ3v) is 2.07. The van der Waals surface area contributed by atoms with Crippen LogP contribution in [0.25, 0.3) is 0 Å². The molecule has 1 aromatic carbocycles. The second-order valence-corrected chi connectivity index (χ2v) is 3.44. The minimum Gasteiger partial charge on any atom is -0.477 e. The van der Waals surface area contributed by atoms with Gasteiger partial charge < -0.3 is 4.74 Å². The normalized spacial score (nSPS) is 9.40. The van der Waals surface area contributed by atoms with Gasteiger partial charge in [0.1, 0.15) is 17.9 Å². The van der Waals surface area contributed by atoms with E-state index in [0.29, 0.717) is 11.3 Å². The van der Waals surface area contributed by atoms with E-state index in [2.05, 4.69) is 6.07 Å². The first-order valence-electron chi connectivity index (χ1n) is 4.73. The summed E-state index contributed by atoms with van der Waals surface area (Å²) in [5.74, 6) is 0.809. The molecular weight excluding hydrogens is 188 g/mol. The fourth-order valence-electron chi connectivity index (χ4n) is 1.36. The number of ether oxygens (including phenoxy) is 1. The molecule has 0 heterocycles. The lowest BCUT2D eigenvalue weighted by molar-refractivity contribution is 0.361. The molecule has 3 heteroatoms. The van der Waals surface area contributed by atoms with Crippen molar-refractivity contribution in [1.29, 1.82) is 10.5 Å². The number of hydrogen-bond acceptors (Lipinski definition) is 3. The van der Waals surface area contributed by atoms with E-state index in [4.69, 9.17) is 15.3 Å². The summed E-state index contributed by atoms with van der Waals surface area (Å²) < 4.78 is 5.29. The lowest BCUT2D eigenvalue weighted by Crippen LogP contribution is -2.01. The first-order valence-corrected chi connectivity index (χ1v) is 4.73. The molecular formula is C12H12N2O. The van der Waals surface area contributed by atoms with E-state index < -0.39 is 0 Å². The minimum absolute atomic E-state index is 0.0294. The van der Waals surface area contributed by atoms with Gasteiger partial charge in [-0.15, -0.1) is 0 Å². The molecule has 0 spiro atoms. The van der Waals surface area contributed by atoms with Gasteiger partial charge >= 0.3 is 0 Å². The highest BCUT2D eigenvalue weighted by Crippen LogP contribution is 2.29. The van der Waals surface area contributed by atoms with Crippen molar-refractivity contribution in [2.45, 2.75) is 19.8 Å². The highest BCUT2D eigenvalue weighted by atomic mass is 16.5. The second-order valence-electron chi connectivity index (χ2n) is 3.44. The van der Waals surface area contributed by atoms with Crippen LogP contribution >= 0.6 is 0 Å². The number of rotatable bonds is 3. The molecule has 0 fully saturated rings. The molecule has 76 valence electrons. The molecule has 0 saturated heterocycles. The third kappa shape index (κ3) is 2.48. The van der Waals surface area contributed by atoms with Gasteiger partial charge in [-0.3, -0.25) is 0 Å². The Balaban J connectivity index is 3.17. The first-order chi connectivity index (χ1) is 7.20. The van der Waals surface area contributed by atoms with Gasteiger partial charge in [-0.05, 0) is 17.5 Å². The topological polar surface area (TPSA) is 56.8 Å². The maximum Gasteiger partial charge on any atom is 0.174 e. The summed E-state index contributed by atoms with van der Waals surface area (Å²) in [5, 5.41) is 17.4. The van der Waals surface area contributed by atoms with Crippen LogP contribution in [0.4, 0.5) is 0 Å². The Morgan fingerprint density at radius 1 is 1.33 bits per heavy atom. The smallest absolute Gasteiger partial charge is 0.174 e. The lowest BCUT2D eigenvalue weighted by Gasteiger charge is -2.13. The fraction of sp³-hybridized carbons (Fsp3) is 0.333. The van der Waals surface area contributed by atoms with Crippen LogP contribution in [0.5, 0.6) is 5.75 Å². The summed E-state index contributed by atoms with van der Waals surface area (Å²) in [4.78, 5) is 0. The maximum atomic E-state index is 8.91. The van der Waals surface area contributed by atoms with E-state index in [-0.39, 0.29) is 12.5 Å². The Hall–Kier alpha value is -2.00. The predicted octanol–water partition coefficient (Wildman–Crippen LogP) is 2.58. The van der Waals surface area contributed by atoms with E-state index in [0.717, 1.165) is 5.56 Å². The zero-order valence-corrected chi connectivity index (χ0v) is 8.82. The SMILES string of the molecule is CC(C)c1cccc(C#N)c1OCC#N. The largest absolute Gasteiger partial charge is 0.477 e. The minimum atomic E-state index is -0.0294. The fourth-order valence-corrected chi connectivity index (χ4v) is 1.36. The molecule has 0 aliphatic rings. The molecule has 1 rings (SSSR count). The summed E-state index contributed by atoms with van der Waals surface area (Å²) in [6.45, 7) is 4.02. The molecule has 0 N–H and O–H groups in total. The van der Waals surface area contributed by atoms with Crippen LogP contribution in [0.2, 0.25) is 0 Å². The molecule has 0 aliphatic heterocycles. The Labute approximate surface area is 89.5 Å². The molecule has 15 heavy (non-hydrogen) atoms. The number of nitrogens with zero attached hydrogens (tertiary/aromatic N) is 2. The van der Waals surface area contributed by atoms with Crippen LogP contribution in [0.15, 0.2) is 18.2 Å². The molecule has 0 aliphatic carbocycles. The van der Waals surface area contributed by atoms with Gasteiger partial charge in [-0.25, -0.2) is 0 Å². The summed E-state index contributed by atoms with van der Waals surface area (Å²) in [6, 6.07) is 9.40. The summed E-state index contributed by atoms with van der Waals surface area (Å²) >= 11 is 0. The highest BCUT2D eigenvalue weighted by Gasteiger charge is 2.11. The second kappa shape index (κ2) is 5.02. The zero-order valence-electron chi connectivity index (χ0n) is 8.82. The monoisotopic (exact) mass is 200 g/mol. The highest BCUT2D eigenvalue weighted by molar-refractivity contribution is 5.49. The van der Waals surface area contributed by atoms with Gasteiger partial charge in [-0.2, -0.15) is 10.5 Å². The molecule has 0 saturated carbocycles. The van der Waals surface area contributed by atoms with Crippen LogP contribution in [0, 0.1) is 22.7 Å². The number of para-hydroxylation sites is 1. The van der Waals surface area contributed by atoms with Gasteiger partial charge in [0.25, 0.3) is 0 Å². The molecule has 0 unspecified atom stereocenters. The van der Waals surface area contributed by atoms with Gasteiger partial charge in [0.15, 0.2) is 6.61 Å². The molecule has 0 bridgehead atoms. The summed E-state index contributed by atoms with van der Waals surface area (Å²) in [6.07, 6.45) is 0. The van der Waals surface area contributed by atoms with Crippen molar-refractivity contribution in [3.63, 3.8) is 0 Å². The number of nitriles is 2. The Kier molecular flexibility index (Phi) is 3.71. The van der Waals surface area contributed by atoms with Crippen molar-refractivity contribution in [2.75, 3.05) is 6.61 Å². The predicted molar refractivity (Wildman–Crippen MR) is 56.4 cm³/mol. The van der Waals surface area contributed by atoms with Gasteiger partial charge in [0, 0.05) is 0 Å². The van der Waals surface area contributed by atoms with Gasteiger partial charge in [0.2, 0.25) is 0 Å². The van der Waals surface area contributed by atoms with E-state index in [1.165, 1.54) is 0 Å². The Morgan fingerprint density at radius 2 is 2.07 bits per heavy atom. The van der Waals surface area contributed by atoms with Crippen LogP contribution in [0.3, 0.4) is 0 Å². The zero-order chi connectivity index (χ0) is 11.3. The average molecular weight is 200 g/mol. The number of hydrogen-bond donors (Lipinski definition) is 0. The van der Waals surface area contributed by atoms with Crippen molar-refractivity contribution in [1.82, 2.24) is 0 Å². The molecule has 0 radical (unpaired) electrons. The van der Waals surface area contributed by atoms with E-state index in [9.17, 15) is 0 Å². The van der Waals surface area contributed by atoms with E-state index >= 15 is 0 Å².